The molecule has 0 saturated heterocycles. The Balaban J connectivity index is 1.88. The highest BCUT2D eigenvalue weighted by atomic mass is 32.1. The lowest BCUT2D eigenvalue weighted by atomic mass is 9.86. The zero-order chi connectivity index (χ0) is 23.8. The third-order valence-electron chi connectivity index (χ3n) is 5.38. The van der Waals surface area contributed by atoms with E-state index in [1.165, 1.54) is 32.4 Å². The smallest absolute Gasteiger partial charge is 0.497 e. The van der Waals surface area contributed by atoms with E-state index in [1.807, 2.05) is 6.07 Å². The van der Waals surface area contributed by atoms with Crippen molar-refractivity contribution in [2.75, 3.05) is 20.8 Å². The molecule has 1 aliphatic heterocycles. The molecule has 1 unspecified atom stereocenters. The van der Waals surface area contributed by atoms with E-state index in [0.717, 1.165) is 17.1 Å². The molecule has 0 bridgehead atoms. The summed E-state index contributed by atoms with van der Waals surface area (Å²) in [6.07, 6.45) is -4.33. The van der Waals surface area contributed by atoms with Crippen molar-refractivity contribution < 1.29 is 32.2 Å². The van der Waals surface area contributed by atoms with Crippen molar-refractivity contribution in [1.29, 1.82) is 0 Å². The minimum Gasteiger partial charge on any atom is -0.497 e. The average Bonchev–Trinajstić information content (AvgIpc) is 3.21. The van der Waals surface area contributed by atoms with Crippen molar-refractivity contribution in [2.45, 2.75) is 25.7 Å². The minimum absolute atomic E-state index is 0.307. The highest BCUT2D eigenvalue weighted by molar-refractivity contribution is 7.07. The van der Waals surface area contributed by atoms with Gasteiger partial charge in [-0.3, -0.25) is 4.79 Å². The second-order valence-corrected chi connectivity index (χ2v) is 8.12. The van der Waals surface area contributed by atoms with Crippen LogP contribution in [0, 0.1) is 6.92 Å². The zero-order valence-electron chi connectivity index (χ0n) is 18.0. The van der Waals surface area contributed by atoms with Gasteiger partial charge in [0.1, 0.15) is 22.1 Å². The van der Waals surface area contributed by atoms with E-state index >= 15 is 0 Å². The van der Waals surface area contributed by atoms with Crippen molar-refractivity contribution in [1.82, 2.24) is 14.5 Å². The second-order valence-electron chi connectivity index (χ2n) is 7.36. The van der Waals surface area contributed by atoms with Crippen LogP contribution in [0.4, 0.5) is 13.2 Å². The number of hydrogen-bond donors (Lipinski definition) is 0. The Hall–Kier alpha value is -3.34. The van der Waals surface area contributed by atoms with E-state index in [2.05, 4.69) is 14.3 Å². The Morgan fingerprint density at radius 1 is 1.15 bits per heavy atom. The number of benzene rings is 2. The van der Waals surface area contributed by atoms with E-state index in [9.17, 15) is 18.0 Å². The minimum atomic E-state index is -4.84. The van der Waals surface area contributed by atoms with Gasteiger partial charge in [-0.15, -0.1) is 18.3 Å². The standard InChI is InChI=1S/C22H20F3N3O4S/c1-12-20(33-27-26-12)21(29)28-8-7-13-9-16(30-2)11-17(31-3)18(13)19(28)14-5-4-6-15(10-14)32-22(23,24)25/h4-6,9-11,19H,7-8H2,1-3H3. The number of alkyl halides is 3. The summed E-state index contributed by atoms with van der Waals surface area (Å²) < 4.78 is 57.5. The van der Waals surface area contributed by atoms with Crippen LogP contribution in [0.1, 0.15) is 38.1 Å². The van der Waals surface area contributed by atoms with Gasteiger partial charge in [0, 0.05) is 18.2 Å². The lowest BCUT2D eigenvalue weighted by Crippen LogP contribution is -2.40. The molecule has 0 radical (unpaired) electrons. The molecule has 174 valence electrons. The third-order valence-corrected chi connectivity index (χ3v) is 6.19. The number of rotatable bonds is 5. The van der Waals surface area contributed by atoms with Crippen LogP contribution in [0.2, 0.25) is 0 Å². The number of aromatic nitrogens is 2. The fourth-order valence-electron chi connectivity index (χ4n) is 3.99. The number of carbonyl (C=O) groups excluding carboxylic acids is 1. The number of amides is 1. The predicted octanol–water partition coefficient (Wildman–Crippen LogP) is 4.55. The van der Waals surface area contributed by atoms with Gasteiger partial charge in [0.25, 0.3) is 5.91 Å². The topological polar surface area (TPSA) is 73.8 Å². The molecule has 3 aromatic rings. The summed E-state index contributed by atoms with van der Waals surface area (Å²) in [6, 6.07) is 8.44. The van der Waals surface area contributed by atoms with Crippen LogP contribution in [0.5, 0.6) is 17.2 Å². The normalized spacial score (nSPS) is 15.7. The maximum atomic E-state index is 13.5. The van der Waals surface area contributed by atoms with Crippen LogP contribution in [-0.2, 0) is 6.42 Å². The quantitative estimate of drug-likeness (QED) is 0.535. The Bertz CT molecular complexity index is 1160. The van der Waals surface area contributed by atoms with Gasteiger partial charge in [-0.05, 0) is 54.2 Å². The molecule has 0 N–H and O–H groups in total. The van der Waals surface area contributed by atoms with Gasteiger partial charge < -0.3 is 19.1 Å². The fourth-order valence-corrected chi connectivity index (χ4v) is 4.60. The number of fused-ring (bicyclic) bond motifs is 1. The summed E-state index contributed by atoms with van der Waals surface area (Å²) in [5.41, 5.74) is 2.49. The molecule has 4 rings (SSSR count). The number of hydrogen-bond acceptors (Lipinski definition) is 7. The highest BCUT2D eigenvalue weighted by Crippen LogP contribution is 2.44. The van der Waals surface area contributed by atoms with E-state index in [-0.39, 0.29) is 11.7 Å². The van der Waals surface area contributed by atoms with Crippen molar-refractivity contribution in [3.05, 3.63) is 63.7 Å². The van der Waals surface area contributed by atoms with Gasteiger partial charge in [0.05, 0.1) is 26.0 Å². The first-order valence-corrected chi connectivity index (χ1v) is 10.7. The van der Waals surface area contributed by atoms with Crippen molar-refractivity contribution >= 4 is 17.4 Å². The zero-order valence-corrected chi connectivity index (χ0v) is 18.8. The fraction of sp³-hybridized carbons (Fsp3) is 0.318. The molecule has 11 heteroatoms. The van der Waals surface area contributed by atoms with Crippen LogP contribution in [-0.4, -0.2) is 47.5 Å². The monoisotopic (exact) mass is 479 g/mol. The Kier molecular flexibility index (Phi) is 6.15. The first kappa shape index (κ1) is 22.8. The maximum absolute atomic E-state index is 13.5. The predicted molar refractivity (Wildman–Crippen MR) is 114 cm³/mol. The highest BCUT2D eigenvalue weighted by Gasteiger charge is 2.37. The molecule has 1 amide bonds. The molecule has 2 heterocycles. The van der Waals surface area contributed by atoms with E-state index < -0.39 is 12.4 Å². The van der Waals surface area contributed by atoms with Gasteiger partial charge in [-0.25, -0.2) is 0 Å². The van der Waals surface area contributed by atoms with Gasteiger partial charge in [-0.1, -0.05) is 16.6 Å². The molecular formula is C22H20F3N3O4S. The Morgan fingerprint density at radius 2 is 1.94 bits per heavy atom. The number of carbonyl (C=O) groups is 1. The maximum Gasteiger partial charge on any atom is 0.573 e. The molecular weight excluding hydrogens is 459 g/mol. The summed E-state index contributed by atoms with van der Waals surface area (Å²) in [5.74, 6) is 0.370. The summed E-state index contributed by atoms with van der Waals surface area (Å²) in [6.45, 7) is 2.02. The van der Waals surface area contributed by atoms with Crippen molar-refractivity contribution in [2.24, 2.45) is 0 Å². The van der Waals surface area contributed by atoms with Crippen LogP contribution >= 0.6 is 11.5 Å². The van der Waals surface area contributed by atoms with Gasteiger partial charge in [0.2, 0.25) is 0 Å². The number of nitrogens with zero attached hydrogens (tertiary/aromatic N) is 3. The summed E-state index contributed by atoms with van der Waals surface area (Å²) >= 11 is 0.980. The van der Waals surface area contributed by atoms with Crippen LogP contribution < -0.4 is 14.2 Å². The van der Waals surface area contributed by atoms with Crippen LogP contribution in [0.25, 0.3) is 0 Å². The SMILES string of the molecule is COc1cc2c(c(OC)c1)C(c1cccc(OC(F)(F)F)c1)N(C(=O)c1snnc1C)CC2. The Labute approximate surface area is 191 Å². The summed E-state index contributed by atoms with van der Waals surface area (Å²) in [4.78, 5) is 15.5. The molecule has 1 atom stereocenters. The Morgan fingerprint density at radius 3 is 2.58 bits per heavy atom. The molecule has 1 aliphatic rings. The number of aryl methyl sites for hydroxylation is 1. The van der Waals surface area contributed by atoms with Crippen molar-refractivity contribution in [3.63, 3.8) is 0 Å². The average molecular weight is 479 g/mol. The molecule has 0 fully saturated rings. The molecule has 2 aromatic carbocycles. The van der Waals surface area contributed by atoms with Crippen LogP contribution in [0.15, 0.2) is 36.4 Å². The first-order chi connectivity index (χ1) is 15.7. The molecule has 0 spiro atoms. The number of ether oxygens (including phenoxy) is 3. The van der Waals surface area contributed by atoms with Crippen LogP contribution in [0.3, 0.4) is 0 Å². The third kappa shape index (κ3) is 4.58. The van der Waals surface area contributed by atoms with E-state index in [1.54, 1.807) is 24.0 Å². The van der Waals surface area contributed by atoms with E-state index in [0.29, 0.717) is 46.2 Å². The van der Waals surface area contributed by atoms with Gasteiger partial charge in [-0.2, -0.15) is 0 Å². The lowest BCUT2D eigenvalue weighted by molar-refractivity contribution is -0.274. The van der Waals surface area contributed by atoms with E-state index in [4.69, 9.17) is 9.47 Å². The largest absolute Gasteiger partial charge is 0.573 e. The lowest BCUT2D eigenvalue weighted by Gasteiger charge is -2.38. The van der Waals surface area contributed by atoms with Gasteiger partial charge in [0.15, 0.2) is 0 Å². The van der Waals surface area contributed by atoms with Gasteiger partial charge >= 0.3 is 6.36 Å². The molecule has 33 heavy (non-hydrogen) atoms. The first-order valence-electron chi connectivity index (χ1n) is 9.92. The van der Waals surface area contributed by atoms with Crippen molar-refractivity contribution in [3.8, 4) is 17.2 Å². The number of methoxy groups -OCH3 is 2. The summed E-state index contributed by atoms with van der Waals surface area (Å²) in [7, 11) is 3.03. The second kappa shape index (κ2) is 8.89. The molecule has 0 saturated carbocycles. The molecule has 7 nitrogen and oxygen atoms in total. The number of halogens is 3. The molecule has 1 aromatic heterocycles. The molecule has 0 aliphatic carbocycles. The summed E-state index contributed by atoms with van der Waals surface area (Å²) in [5, 5.41) is 3.92.